The van der Waals surface area contributed by atoms with Crippen molar-refractivity contribution >= 4 is 5.91 Å². The summed E-state index contributed by atoms with van der Waals surface area (Å²) in [7, 11) is 0. The average molecular weight is 262 g/mol. The summed E-state index contributed by atoms with van der Waals surface area (Å²) in [6.07, 6.45) is 8.27. The van der Waals surface area contributed by atoms with Gasteiger partial charge in [-0.2, -0.15) is 0 Å². The van der Waals surface area contributed by atoms with E-state index in [1.54, 1.807) is 6.20 Å². The summed E-state index contributed by atoms with van der Waals surface area (Å²) >= 11 is 0. The van der Waals surface area contributed by atoms with Crippen molar-refractivity contribution in [2.24, 2.45) is 0 Å². The Bertz CT molecular complexity index is 432. The molecule has 0 spiro atoms. The van der Waals surface area contributed by atoms with E-state index >= 15 is 0 Å². The largest absolute Gasteiger partial charge is 0.483 e. The fourth-order valence-electron chi connectivity index (χ4n) is 2.33. The summed E-state index contributed by atoms with van der Waals surface area (Å²) in [5, 5.41) is 2.85. The van der Waals surface area contributed by atoms with Gasteiger partial charge in [-0.1, -0.05) is 13.3 Å². The van der Waals surface area contributed by atoms with E-state index in [4.69, 9.17) is 4.74 Å². The van der Waals surface area contributed by atoms with Gasteiger partial charge in [-0.25, -0.2) is 0 Å². The SMILES string of the molecule is CCCCNC(=O)COc1ccnc2c1CCCC2. The number of fused-ring (bicyclic) bond motifs is 1. The Hall–Kier alpha value is -1.58. The molecular formula is C15H22N2O2. The van der Waals surface area contributed by atoms with Gasteiger partial charge in [-0.05, 0) is 38.2 Å². The molecule has 0 aliphatic heterocycles. The topological polar surface area (TPSA) is 51.2 Å². The quantitative estimate of drug-likeness (QED) is 0.800. The highest BCUT2D eigenvalue weighted by Crippen LogP contribution is 2.27. The number of aromatic nitrogens is 1. The third kappa shape index (κ3) is 3.94. The van der Waals surface area contributed by atoms with Crippen molar-refractivity contribution < 1.29 is 9.53 Å². The Morgan fingerprint density at radius 2 is 2.26 bits per heavy atom. The number of ether oxygens (including phenoxy) is 1. The minimum atomic E-state index is -0.0465. The van der Waals surface area contributed by atoms with Gasteiger partial charge >= 0.3 is 0 Å². The first-order valence-electron chi connectivity index (χ1n) is 7.17. The zero-order chi connectivity index (χ0) is 13.5. The molecule has 0 fully saturated rings. The van der Waals surface area contributed by atoms with Gasteiger partial charge < -0.3 is 10.1 Å². The molecule has 4 nitrogen and oxygen atoms in total. The van der Waals surface area contributed by atoms with Crippen LogP contribution < -0.4 is 10.1 Å². The van der Waals surface area contributed by atoms with E-state index in [2.05, 4.69) is 17.2 Å². The Morgan fingerprint density at radius 1 is 1.42 bits per heavy atom. The molecule has 1 amide bonds. The average Bonchev–Trinajstić information content (AvgIpc) is 2.45. The highest BCUT2D eigenvalue weighted by molar-refractivity contribution is 5.77. The Kier molecular flexibility index (Phi) is 5.19. The number of carbonyl (C=O) groups excluding carboxylic acids is 1. The first-order valence-corrected chi connectivity index (χ1v) is 7.17. The molecule has 1 N–H and O–H groups in total. The van der Waals surface area contributed by atoms with Gasteiger partial charge in [0.1, 0.15) is 5.75 Å². The van der Waals surface area contributed by atoms with E-state index < -0.39 is 0 Å². The van der Waals surface area contributed by atoms with Crippen molar-refractivity contribution in [3.63, 3.8) is 0 Å². The third-order valence-electron chi connectivity index (χ3n) is 3.40. The van der Waals surface area contributed by atoms with Gasteiger partial charge in [0.2, 0.25) is 0 Å². The lowest BCUT2D eigenvalue weighted by atomic mass is 9.95. The highest BCUT2D eigenvalue weighted by Gasteiger charge is 2.15. The van der Waals surface area contributed by atoms with Gasteiger partial charge in [0.25, 0.3) is 5.91 Å². The second kappa shape index (κ2) is 7.12. The number of aryl methyl sites for hydroxylation is 1. The number of unbranched alkanes of at least 4 members (excludes halogenated alkanes) is 1. The molecule has 0 radical (unpaired) electrons. The Morgan fingerprint density at radius 3 is 3.11 bits per heavy atom. The number of hydrogen-bond acceptors (Lipinski definition) is 3. The monoisotopic (exact) mass is 262 g/mol. The molecule has 0 saturated heterocycles. The van der Waals surface area contributed by atoms with E-state index in [1.807, 2.05) is 6.07 Å². The Balaban J connectivity index is 1.87. The molecule has 1 aliphatic rings. The molecular weight excluding hydrogens is 240 g/mol. The van der Waals surface area contributed by atoms with Crippen LogP contribution in [0.4, 0.5) is 0 Å². The molecule has 104 valence electrons. The summed E-state index contributed by atoms with van der Waals surface area (Å²) in [6.45, 7) is 2.93. The number of rotatable bonds is 6. The zero-order valence-corrected chi connectivity index (χ0v) is 11.6. The molecule has 1 aromatic heterocycles. The second-order valence-corrected chi connectivity index (χ2v) is 4.93. The fraction of sp³-hybridized carbons (Fsp3) is 0.600. The number of amides is 1. The van der Waals surface area contributed by atoms with Gasteiger partial charge in [-0.3, -0.25) is 9.78 Å². The highest BCUT2D eigenvalue weighted by atomic mass is 16.5. The van der Waals surface area contributed by atoms with E-state index in [0.29, 0.717) is 0 Å². The van der Waals surface area contributed by atoms with Crippen LogP contribution in [-0.4, -0.2) is 24.0 Å². The smallest absolute Gasteiger partial charge is 0.257 e. The minimum Gasteiger partial charge on any atom is -0.483 e. The van der Waals surface area contributed by atoms with Crippen LogP contribution in [0.15, 0.2) is 12.3 Å². The molecule has 0 atom stereocenters. The molecule has 2 rings (SSSR count). The van der Waals surface area contributed by atoms with Gasteiger partial charge in [0.05, 0.1) is 0 Å². The molecule has 19 heavy (non-hydrogen) atoms. The molecule has 4 heteroatoms. The molecule has 0 bridgehead atoms. The maximum Gasteiger partial charge on any atom is 0.257 e. The van der Waals surface area contributed by atoms with Crippen molar-refractivity contribution in [2.45, 2.75) is 45.4 Å². The summed E-state index contributed by atoms with van der Waals surface area (Å²) in [5.41, 5.74) is 2.32. The van der Waals surface area contributed by atoms with Crippen molar-refractivity contribution in [3.05, 3.63) is 23.5 Å². The van der Waals surface area contributed by atoms with Crippen LogP contribution in [0, 0.1) is 0 Å². The minimum absolute atomic E-state index is 0.0465. The zero-order valence-electron chi connectivity index (χ0n) is 11.6. The Labute approximate surface area is 114 Å². The van der Waals surface area contributed by atoms with Gasteiger partial charge in [0, 0.05) is 24.0 Å². The summed E-state index contributed by atoms with van der Waals surface area (Å²) in [5.74, 6) is 0.783. The van der Waals surface area contributed by atoms with E-state index in [9.17, 15) is 4.79 Å². The molecule has 1 aliphatic carbocycles. The van der Waals surface area contributed by atoms with E-state index in [1.165, 1.54) is 18.4 Å². The van der Waals surface area contributed by atoms with Crippen LogP contribution in [-0.2, 0) is 17.6 Å². The molecule has 0 saturated carbocycles. The first kappa shape index (κ1) is 13.8. The van der Waals surface area contributed by atoms with Crippen LogP contribution in [0.1, 0.15) is 43.9 Å². The predicted octanol–water partition coefficient (Wildman–Crippen LogP) is 2.26. The second-order valence-electron chi connectivity index (χ2n) is 4.93. The number of nitrogens with one attached hydrogen (secondary N) is 1. The lowest BCUT2D eigenvalue weighted by Crippen LogP contribution is -2.29. The van der Waals surface area contributed by atoms with Crippen LogP contribution in [0.5, 0.6) is 5.75 Å². The fourth-order valence-corrected chi connectivity index (χ4v) is 2.33. The van der Waals surface area contributed by atoms with Crippen LogP contribution in [0.3, 0.4) is 0 Å². The number of pyridine rings is 1. The van der Waals surface area contributed by atoms with Crippen molar-refractivity contribution in [1.82, 2.24) is 10.3 Å². The maximum absolute atomic E-state index is 11.6. The first-order chi connectivity index (χ1) is 9.31. The number of hydrogen-bond donors (Lipinski definition) is 1. The van der Waals surface area contributed by atoms with Crippen molar-refractivity contribution in [1.29, 1.82) is 0 Å². The molecule has 1 heterocycles. The van der Waals surface area contributed by atoms with Crippen LogP contribution in [0.25, 0.3) is 0 Å². The van der Waals surface area contributed by atoms with E-state index in [0.717, 1.165) is 43.7 Å². The third-order valence-corrected chi connectivity index (χ3v) is 3.40. The predicted molar refractivity (Wildman–Crippen MR) is 74.3 cm³/mol. The molecule has 0 aromatic carbocycles. The van der Waals surface area contributed by atoms with Crippen LogP contribution >= 0.6 is 0 Å². The molecule has 0 unspecified atom stereocenters. The lowest BCUT2D eigenvalue weighted by molar-refractivity contribution is -0.123. The number of carbonyl (C=O) groups is 1. The van der Waals surface area contributed by atoms with Crippen LogP contribution in [0.2, 0.25) is 0 Å². The summed E-state index contributed by atoms with van der Waals surface area (Å²) in [6, 6.07) is 1.86. The van der Waals surface area contributed by atoms with Gasteiger partial charge in [0.15, 0.2) is 6.61 Å². The van der Waals surface area contributed by atoms with Crippen molar-refractivity contribution in [2.75, 3.05) is 13.2 Å². The maximum atomic E-state index is 11.6. The molecule has 1 aromatic rings. The van der Waals surface area contributed by atoms with E-state index in [-0.39, 0.29) is 12.5 Å². The standard InChI is InChI=1S/C15H22N2O2/c1-2-3-9-17-15(18)11-19-14-8-10-16-13-7-5-4-6-12(13)14/h8,10H,2-7,9,11H2,1H3,(H,17,18). The lowest BCUT2D eigenvalue weighted by Gasteiger charge is -2.18. The number of nitrogens with zero attached hydrogens (tertiary/aromatic N) is 1. The van der Waals surface area contributed by atoms with Crippen molar-refractivity contribution in [3.8, 4) is 5.75 Å². The van der Waals surface area contributed by atoms with Gasteiger partial charge in [-0.15, -0.1) is 0 Å². The summed E-state index contributed by atoms with van der Waals surface area (Å²) < 4.78 is 5.64. The normalized spacial score (nSPS) is 13.7. The summed E-state index contributed by atoms with van der Waals surface area (Å²) in [4.78, 5) is 16.0.